The summed E-state index contributed by atoms with van der Waals surface area (Å²) in [7, 11) is 3.61. The molecule has 5 heteroatoms. The van der Waals surface area contributed by atoms with E-state index in [1.54, 1.807) is 17.8 Å². The summed E-state index contributed by atoms with van der Waals surface area (Å²) in [4.78, 5) is 27.1. The van der Waals surface area contributed by atoms with Crippen LogP contribution in [0.2, 0.25) is 0 Å². The largest absolute Gasteiger partial charge is 0.349 e. The fourth-order valence-corrected chi connectivity index (χ4v) is 3.26. The number of likely N-dealkylation sites (tertiary alicyclic amines) is 1. The molecule has 1 aliphatic rings. The molecule has 0 bridgehead atoms. The van der Waals surface area contributed by atoms with Crippen molar-refractivity contribution in [3.63, 3.8) is 0 Å². The minimum absolute atomic E-state index is 0.0421. The van der Waals surface area contributed by atoms with E-state index < -0.39 is 0 Å². The van der Waals surface area contributed by atoms with E-state index >= 15 is 0 Å². The minimum Gasteiger partial charge on any atom is -0.349 e. The number of rotatable bonds is 1. The first-order chi connectivity index (χ1) is 9.74. The van der Waals surface area contributed by atoms with Gasteiger partial charge in [-0.15, -0.1) is 0 Å². The van der Waals surface area contributed by atoms with Crippen LogP contribution in [0.4, 0.5) is 0 Å². The van der Waals surface area contributed by atoms with E-state index in [2.05, 4.69) is 13.8 Å². The summed E-state index contributed by atoms with van der Waals surface area (Å²) in [5.74, 6) is -0.0421. The average Bonchev–Trinajstić information content (AvgIpc) is 2.73. The molecular weight excluding hydrogens is 266 g/mol. The van der Waals surface area contributed by atoms with Crippen LogP contribution in [0.1, 0.15) is 36.2 Å². The second-order valence-corrected chi connectivity index (χ2v) is 6.62. The number of nitrogens with zero attached hydrogens (tertiary/aromatic N) is 3. The number of hydrogen-bond donors (Lipinski definition) is 0. The Bertz CT molecular complexity index is 811. The quantitative estimate of drug-likeness (QED) is 0.803. The van der Waals surface area contributed by atoms with Gasteiger partial charge in [0.05, 0.1) is 16.5 Å². The molecule has 21 heavy (non-hydrogen) atoms. The van der Waals surface area contributed by atoms with Gasteiger partial charge in [-0.1, -0.05) is 0 Å². The lowest BCUT2D eigenvalue weighted by Crippen LogP contribution is -2.58. The van der Waals surface area contributed by atoms with Gasteiger partial charge in [0.25, 0.3) is 11.5 Å². The van der Waals surface area contributed by atoms with Crippen LogP contribution in [0.5, 0.6) is 0 Å². The minimum atomic E-state index is -0.117. The highest BCUT2D eigenvalue weighted by Gasteiger charge is 2.40. The molecule has 0 aromatic carbocycles. The SMILES string of the molecule is Cc1cn(C)c(=O)c2c(C(=O)N3CCC3(C)C)cn(C)c12. The normalized spacial score (nSPS) is 17.1. The molecular formula is C16H21N3O2. The van der Waals surface area contributed by atoms with E-state index in [4.69, 9.17) is 0 Å². The van der Waals surface area contributed by atoms with Gasteiger partial charge in [0.2, 0.25) is 0 Å². The third-order valence-electron chi connectivity index (χ3n) is 4.63. The maximum Gasteiger partial charge on any atom is 0.260 e. The molecule has 0 spiro atoms. The Balaban J connectivity index is 2.25. The van der Waals surface area contributed by atoms with Crippen molar-refractivity contribution < 1.29 is 4.79 Å². The van der Waals surface area contributed by atoms with Gasteiger partial charge in [0.1, 0.15) is 0 Å². The van der Waals surface area contributed by atoms with Gasteiger partial charge in [0.15, 0.2) is 0 Å². The van der Waals surface area contributed by atoms with Crippen LogP contribution in [-0.2, 0) is 14.1 Å². The lowest BCUT2D eigenvalue weighted by molar-refractivity contribution is 0.0159. The number of carbonyl (C=O) groups excluding carboxylic acids is 1. The Morgan fingerprint density at radius 2 is 1.86 bits per heavy atom. The second kappa shape index (κ2) is 4.23. The Kier molecular flexibility index (Phi) is 2.80. The predicted molar refractivity (Wildman–Crippen MR) is 82.6 cm³/mol. The number of amides is 1. The van der Waals surface area contributed by atoms with E-state index in [-0.39, 0.29) is 17.0 Å². The highest BCUT2D eigenvalue weighted by molar-refractivity contribution is 6.07. The molecule has 1 saturated heterocycles. The van der Waals surface area contributed by atoms with Crippen LogP contribution in [0.25, 0.3) is 10.9 Å². The molecule has 112 valence electrons. The zero-order valence-electron chi connectivity index (χ0n) is 13.2. The highest BCUT2D eigenvalue weighted by Crippen LogP contribution is 2.32. The highest BCUT2D eigenvalue weighted by atomic mass is 16.2. The summed E-state index contributed by atoms with van der Waals surface area (Å²) >= 11 is 0. The number of aryl methyl sites for hydroxylation is 3. The topological polar surface area (TPSA) is 47.2 Å². The van der Waals surface area contributed by atoms with E-state index in [1.165, 1.54) is 0 Å². The van der Waals surface area contributed by atoms with Gasteiger partial charge >= 0.3 is 0 Å². The van der Waals surface area contributed by atoms with Crippen molar-refractivity contribution in [3.05, 3.63) is 33.9 Å². The second-order valence-electron chi connectivity index (χ2n) is 6.62. The lowest BCUT2D eigenvalue weighted by Gasteiger charge is -2.48. The lowest BCUT2D eigenvalue weighted by atomic mass is 9.88. The molecule has 1 aliphatic heterocycles. The van der Waals surface area contributed by atoms with Crippen LogP contribution in [0.3, 0.4) is 0 Å². The first-order valence-corrected chi connectivity index (χ1v) is 7.21. The van der Waals surface area contributed by atoms with Crippen molar-refractivity contribution in [3.8, 4) is 0 Å². The summed E-state index contributed by atoms with van der Waals surface area (Å²) in [5.41, 5.74) is 2.13. The Hall–Kier alpha value is -2.04. The maximum atomic E-state index is 12.8. The molecule has 0 radical (unpaired) electrons. The Labute approximate surface area is 123 Å². The van der Waals surface area contributed by atoms with Crippen LogP contribution >= 0.6 is 0 Å². The van der Waals surface area contributed by atoms with Gasteiger partial charge in [-0.05, 0) is 32.8 Å². The molecule has 3 heterocycles. The Morgan fingerprint density at radius 3 is 2.38 bits per heavy atom. The van der Waals surface area contributed by atoms with Crippen molar-refractivity contribution in [2.75, 3.05) is 6.54 Å². The van der Waals surface area contributed by atoms with Gasteiger partial charge in [-0.25, -0.2) is 0 Å². The summed E-state index contributed by atoms with van der Waals surface area (Å²) < 4.78 is 3.43. The fraction of sp³-hybridized carbons (Fsp3) is 0.500. The molecule has 0 saturated carbocycles. The predicted octanol–water partition coefficient (Wildman–Crippen LogP) is 1.81. The van der Waals surface area contributed by atoms with Crippen LogP contribution in [0, 0.1) is 6.92 Å². The fourth-order valence-electron chi connectivity index (χ4n) is 3.26. The van der Waals surface area contributed by atoms with Crippen molar-refractivity contribution in [1.82, 2.24) is 14.0 Å². The van der Waals surface area contributed by atoms with Gasteiger partial charge in [0, 0.05) is 38.6 Å². The first-order valence-electron chi connectivity index (χ1n) is 7.21. The van der Waals surface area contributed by atoms with Crippen molar-refractivity contribution in [2.45, 2.75) is 32.7 Å². The smallest absolute Gasteiger partial charge is 0.260 e. The Morgan fingerprint density at radius 1 is 1.19 bits per heavy atom. The third-order valence-corrected chi connectivity index (χ3v) is 4.63. The van der Waals surface area contributed by atoms with Gasteiger partial charge in [-0.3, -0.25) is 9.59 Å². The van der Waals surface area contributed by atoms with Crippen LogP contribution in [0.15, 0.2) is 17.2 Å². The number of aromatic nitrogens is 2. The van der Waals surface area contributed by atoms with Crippen LogP contribution in [-0.4, -0.2) is 32.0 Å². The zero-order valence-corrected chi connectivity index (χ0v) is 13.2. The van der Waals surface area contributed by atoms with E-state index in [0.717, 1.165) is 24.0 Å². The van der Waals surface area contributed by atoms with Crippen molar-refractivity contribution >= 4 is 16.8 Å². The number of hydrogen-bond acceptors (Lipinski definition) is 2. The van der Waals surface area contributed by atoms with E-state index in [0.29, 0.717) is 10.9 Å². The van der Waals surface area contributed by atoms with E-state index in [1.807, 2.05) is 29.6 Å². The molecule has 1 fully saturated rings. The van der Waals surface area contributed by atoms with Crippen molar-refractivity contribution in [1.29, 1.82) is 0 Å². The first kappa shape index (κ1) is 13.9. The molecule has 0 aliphatic carbocycles. The summed E-state index contributed by atoms with van der Waals surface area (Å²) in [6, 6.07) is 0. The molecule has 0 N–H and O–H groups in total. The molecule has 2 aromatic heterocycles. The zero-order chi connectivity index (χ0) is 15.5. The average molecular weight is 287 g/mol. The van der Waals surface area contributed by atoms with Crippen LogP contribution < -0.4 is 5.56 Å². The summed E-state index contributed by atoms with van der Waals surface area (Å²) in [6.07, 6.45) is 4.60. The molecule has 1 amide bonds. The molecule has 3 rings (SSSR count). The molecule has 5 nitrogen and oxygen atoms in total. The van der Waals surface area contributed by atoms with Crippen molar-refractivity contribution in [2.24, 2.45) is 14.1 Å². The number of carbonyl (C=O) groups is 1. The molecule has 0 unspecified atom stereocenters. The standard InChI is InChI=1S/C16H21N3O2/c1-10-8-18(5)15(21)12-11(9-17(4)13(10)12)14(20)19-7-6-16(19,2)3/h8-9H,6-7H2,1-5H3. The molecule has 0 atom stereocenters. The van der Waals surface area contributed by atoms with E-state index in [9.17, 15) is 9.59 Å². The summed E-state index contributed by atoms with van der Waals surface area (Å²) in [5, 5.41) is 0.535. The molecule has 2 aromatic rings. The monoisotopic (exact) mass is 287 g/mol. The summed E-state index contributed by atoms with van der Waals surface area (Å²) in [6.45, 7) is 6.84. The van der Waals surface area contributed by atoms with Gasteiger partial charge < -0.3 is 14.0 Å². The number of fused-ring (bicyclic) bond motifs is 1. The van der Waals surface area contributed by atoms with Gasteiger partial charge in [-0.2, -0.15) is 0 Å². The third kappa shape index (κ3) is 1.83. The number of pyridine rings is 1. The maximum absolute atomic E-state index is 12.8.